The van der Waals surface area contributed by atoms with Crippen LogP contribution in [0.2, 0.25) is 0 Å². The van der Waals surface area contributed by atoms with Gasteiger partial charge < -0.3 is 10.6 Å². The maximum Gasteiger partial charge on any atom is 0.258 e. The Bertz CT molecular complexity index is 978. The van der Waals surface area contributed by atoms with Crippen molar-refractivity contribution in [2.75, 3.05) is 10.6 Å². The van der Waals surface area contributed by atoms with Crippen LogP contribution in [-0.2, 0) is 5.41 Å². The van der Waals surface area contributed by atoms with Gasteiger partial charge in [-0.1, -0.05) is 45.0 Å². The first-order valence-electron chi connectivity index (χ1n) is 8.69. The zero-order chi connectivity index (χ0) is 20.3. The van der Waals surface area contributed by atoms with E-state index >= 15 is 0 Å². The van der Waals surface area contributed by atoms with Crippen molar-refractivity contribution < 1.29 is 13.6 Å². The van der Waals surface area contributed by atoms with Crippen molar-refractivity contribution >= 4 is 23.2 Å². The maximum absolute atomic E-state index is 13.7. The highest BCUT2D eigenvalue weighted by molar-refractivity contribution is 6.04. The van der Waals surface area contributed by atoms with Crippen LogP contribution in [0.25, 0.3) is 0 Å². The van der Waals surface area contributed by atoms with Gasteiger partial charge in [-0.2, -0.15) is 0 Å². The SMILES string of the molecule is CC(C)(C)c1ccccc1NC(=O)c1cnc(Nc2c(F)cccc2F)nc1. The van der Waals surface area contributed by atoms with Gasteiger partial charge in [-0.25, -0.2) is 18.7 Å². The molecule has 0 spiro atoms. The zero-order valence-electron chi connectivity index (χ0n) is 15.8. The standard InChI is InChI=1S/C21H20F2N4O/c1-21(2,3)14-7-4-5-10-17(14)26-19(28)13-11-24-20(25-12-13)27-18-15(22)8-6-9-16(18)23/h4-12H,1-3H3,(H,26,28)(H,24,25,27). The summed E-state index contributed by atoms with van der Waals surface area (Å²) in [4.78, 5) is 20.5. The van der Waals surface area contributed by atoms with Crippen LogP contribution < -0.4 is 10.6 Å². The van der Waals surface area contributed by atoms with Crippen LogP contribution in [-0.4, -0.2) is 15.9 Å². The number of rotatable bonds is 4. The molecule has 5 nitrogen and oxygen atoms in total. The van der Waals surface area contributed by atoms with Crippen LogP contribution in [0.1, 0.15) is 36.7 Å². The Morgan fingerprint density at radius 3 is 2.14 bits per heavy atom. The lowest BCUT2D eigenvalue weighted by Gasteiger charge is -2.23. The van der Waals surface area contributed by atoms with Gasteiger partial charge in [0.15, 0.2) is 0 Å². The molecule has 0 saturated carbocycles. The van der Waals surface area contributed by atoms with Gasteiger partial charge in [-0.3, -0.25) is 4.79 Å². The third-order valence-corrected chi connectivity index (χ3v) is 4.10. The number of aromatic nitrogens is 2. The van der Waals surface area contributed by atoms with Gasteiger partial charge in [-0.15, -0.1) is 0 Å². The number of nitrogens with one attached hydrogen (secondary N) is 2. The second kappa shape index (κ2) is 7.72. The van der Waals surface area contributed by atoms with Gasteiger partial charge in [0.1, 0.15) is 17.3 Å². The molecule has 144 valence electrons. The van der Waals surface area contributed by atoms with E-state index in [1.54, 1.807) is 0 Å². The minimum absolute atomic E-state index is 0.0179. The smallest absolute Gasteiger partial charge is 0.258 e. The summed E-state index contributed by atoms with van der Waals surface area (Å²) in [7, 11) is 0. The van der Waals surface area contributed by atoms with Gasteiger partial charge in [-0.05, 0) is 29.2 Å². The van der Waals surface area contributed by atoms with Crippen molar-refractivity contribution in [3.05, 3.63) is 77.6 Å². The predicted molar refractivity (Wildman–Crippen MR) is 105 cm³/mol. The first kappa shape index (κ1) is 19.4. The van der Waals surface area contributed by atoms with Crippen LogP contribution in [0.3, 0.4) is 0 Å². The minimum Gasteiger partial charge on any atom is -0.322 e. The molecular formula is C21H20F2N4O. The molecule has 0 aliphatic heterocycles. The van der Waals surface area contributed by atoms with E-state index in [0.717, 1.165) is 17.7 Å². The molecule has 3 rings (SSSR count). The Balaban J connectivity index is 1.77. The van der Waals surface area contributed by atoms with Crippen molar-refractivity contribution in [1.82, 2.24) is 9.97 Å². The molecule has 1 aromatic heterocycles. The van der Waals surface area contributed by atoms with Gasteiger partial charge in [0, 0.05) is 18.1 Å². The van der Waals surface area contributed by atoms with E-state index < -0.39 is 11.6 Å². The van der Waals surface area contributed by atoms with Crippen LogP contribution in [0, 0.1) is 11.6 Å². The number of halogens is 2. The van der Waals surface area contributed by atoms with Crippen molar-refractivity contribution in [3.63, 3.8) is 0 Å². The largest absolute Gasteiger partial charge is 0.322 e. The van der Waals surface area contributed by atoms with Crippen molar-refractivity contribution in [2.45, 2.75) is 26.2 Å². The summed E-state index contributed by atoms with van der Waals surface area (Å²) in [5.74, 6) is -1.91. The van der Waals surface area contributed by atoms with E-state index in [0.29, 0.717) is 5.69 Å². The molecule has 2 N–H and O–H groups in total. The van der Waals surface area contributed by atoms with Crippen molar-refractivity contribution in [2.24, 2.45) is 0 Å². The predicted octanol–water partition coefficient (Wildman–Crippen LogP) is 5.05. The molecule has 7 heteroatoms. The molecule has 0 atom stereocenters. The first-order valence-corrected chi connectivity index (χ1v) is 8.69. The van der Waals surface area contributed by atoms with E-state index in [1.165, 1.54) is 18.5 Å². The van der Waals surface area contributed by atoms with E-state index in [2.05, 4.69) is 41.4 Å². The number of amides is 1. The molecule has 0 fully saturated rings. The third-order valence-electron chi connectivity index (χ3n) is 4.10. The fourth-order valence-corrected chi connectivity index (χ4v) is 2.68. The van der Waals surface area contributed by atoms with Crippen LogP contribution >= 0.6 is 0 Å². The molecule has 1 heterocycles. The van der Waals surface area contributed by atoms with Crippen LogP contribution in [0.5, 0.6) is 0 Å². The summed E-state index contributed by atoms with van der Waals surface area (Å²) in [5, 5.41) is 5.34. The van der Waals surface area contributed by atoms with Crippen molar-refractivity contribution in [3.8, 4) is 0 Å². The summed E-state index contributed by atoms with van der Waals surface area (Å²) < 4.78 is 27.4. The Morgan fingerprint density at radius 2 is 1.54 bits per heavy atom. The molecule has 1 amide bonds. The summed E-state index contributed by atoms with van der Waals surface area (Å²) in [6, 6.07) is 11.1. The number of benzene rings is 2. The molecule has 28 heavy (non-hydrogen) atoms. The number of hydrogen-bond donors (Lipinski definition) is 2. The highest BCUT2D eigenvalue weighted by Crippen LogP contribution is 2.29. The van der Waals surface area contributed by atoms with E-state index in [1.807, 2.05) is 24.3 Å². The third kappa shape index (κ3) is 4.31. The monoisotopic (exact) mass is 382 g/mol. The topological polar surface area (TPSA) is 66.9 Å². The van der Waals surface area contributed by atoms with Gasteiger partial charge in [0.2, 0.25) is 5.95 Å². The molecule has 0 unspecified atom stereocenters. The number of para-hydroxylation sites is 2. The Morgan fingerprint density at radius 1 is 0.929 bits per heavy atom. The molecule has 0 radical (unpaired) electrons. The minimum atomic E-state index is -0.760. The normalized spacial score (nSPS) is 11.2. The highest BCUT2D eigenvalue weighted by Gasteiger charge is 2.19. The zero-order valence-corrected chi connectivity index (χ0v) is 15.8. The summed E-state index contributed by atoms with van der Waals surface area (Å²) in [6.07, 6.45) is 2.59. The number of carbonyl (C=O) groups is 1. The fraction of sp³-hybridized carbons (Fsp3) is 0.190. The van der Waals surface area contributed by atoms with Crippen LogP contribution in [0.15, 0.2) is 54.9 Å². The van der Waals surface area contributed by atoms with Crippen molar-refractivity contribution in [1.29, 1.82) is 0 Å². The number of anilines is 3. The quantitative estimate of drug-likeness (QED) is 0.663. The lowest BCUT2D eigenvalue weighted by molar-refractivity contribution is 0.102. The molecule has 2 aromatic carbocycles. The molecule has 0 aliphatic rings. The maximum atomic E-state index is 13.7. The average Bonchev–Trinajstić information content (AvgIpc) is 2.65. The fourth-order valence-electron chi connectivity index (χ4n) is 2.68. The molecule has 0 aliphatic carbocycles. The number of nitrogens with zero attached hydrogens (tertiary/aromatic N) is 2. The summed E-state index contributed by atoms with van der Waals surface area (Å²) >= 11 is 0. The number of hydrogen-bond acceptors (Lipinski definition) is 4. The second-order valence-electron chi connectivity index (χ2n) is 7.27. The second-order valence-corrected chi connectivity index (χ2v) is 7.27. The summed E-state index contributed by atoms with van der Waals surface area (Å²) in [5.41, 5.74) is 1.44. The molecule has 3 aromatic rings. The Hall–Kier alpha value is -3.35. The first-order chi connectivity index (χ1) is 13.3. The summed E-state index contributed by atoms with van der Waals surface area (Å²) in [6.45, 7) is 6.18. The van der Waals surface area contributed by atoms with Gasteiger partial charge in [0.05, 0.1) is 5.56 Å². The lowest BCUT2D eigenvalue weighted by Crippen LogP contribution is -2.19. The molecule has 0 bridgehead atoms. The van der Waals surface area contributed by atoms with E-state index in [9.17, 15) is 13.6 Å². The molecular weight excluding hydrogens is 362 g/mol. The van der Waals surface area contributed by atoms with E-state index in [-0.39, 0.29) is 28.5 Å². The number of carbonyl (C=O) groups excluding carboxylic acids is 1. The van der Waals surface area contributed by atoms with Gasteiger partial charge >= 0.3 is 0 Å². The van der Waals surface area contributed by atoms with Crippen LogP contribution in [0.4, 0.5) is 26.1 Å². The Labute approximate surface area is 161 Å². The van der Waals surface area contributed by atoms with Gasteiger partial charge in [0.25, 0.3) is 5.91 Å². The molecule has 0 saturated heterocycles. The average molecular weight is 382 g/mol. The van der Waals surface area contributed by atoms with E-state index in [4.69, 9.17) is 0 Å². The lowest BCUT2D eigenvalue weighted by atomic mass is 9.86. The Kier molecular flexibility index (Phi) is 5.35. The highest BCUT2D eigenvalue weighted by atomic mass is 19.1.